The van der Waals surface area contributed by atoms with Crippen LogP contribution in [-0.2, 0) is 14.6 Å². The lowest BCUT2D eigenvalue weighted by Gasteiger charge is -2.25. The second kappa shape index (κ2) is 7.99. The first-order chi connectivity index (χ1) is 13.1. The summed E-state index contributed by atoms with van der Waals surface area (Å²) in [6.45, 7) is -0.428. The monoisotopic (exact) mass is 460 g/mol. The minimum Gasteiger partial charge on any atom is -0.324 e. The third-order valence-electron chi connectivity index (χ3n) is 3.89. The summed E-state index contributed by atoms with van der Waals surface area (Å²) in [5, 5.41) is 0.938. The SMILES string of the molecule is O=P(O)(O)CCN(c1ccc2ncccc2c1)S(=O)(=O)c1cc(Cl)cc(Cl)c1. The van der Waals surface area contributed by atoms with Crippen LogP contribution in [0.1, 0.15) is 0 Å². The van der Waals surface area contributed by atoms with E-state index in [2.05, 4.69) is 4.98 Å². The number of aromatic nitrogens is 1. The average Bonchev–Trinajstić information content (AvgIpc) is 2.59. The smallest absolute Gasteiger partial charge is 0.324 e. The number of nitrogens with zero attached hydrogens (tertiary/aromatic N) is 2. The van der Waals surface area contributed by atoms with Crippen molar-refractivity contribution in [2.24, 2.45) is 0 Å². The largest absolute Gasteiger partial charge is 0.327 e. The topological polar surface area (TPSA) is 108 Å². The highest BCUT2D eigenvalue weighted by Gasteiger charge is 2.28. The fourth-order valence-corrected chi connectivity index (χ4v) is 5.41. The summed E-state index contributed by atoms with van der Waals surface area (Å²) in [7, 11) is -8.63. The van der Waals surface area contributed by atoms with Crippen molar-refractivity contribution in [3.8, 4) is 0 Å². The Labute approximate surface area is 171 Å². The molecule has 1 aromatic heterocycles. The molecule has 0 saturated heterocycles. The van der Waals surface area contributed by atoms with E-state index in [1.165, 1.54) is 24.3 Å². The van der Waals surface area contributed by atoms with Crippen molar-refractivity contribution in [3.05, 3.63) is 64.8 Å². The van der Waals surface area contributed by atoms with E-state index >= 15 is 0 Å². The molecule has 0 aliphatic heterocycles. The van der Waals surface area contributed by atoms with Crippen LogP contribution >= 0.6 is 30.8 Å². The summed E-state index contributed by atoms with van der Waals surface area (Å²) < 4.78 is 38.8. The zero-order valence-corrected chi connectivity index (χ0v) is 17.5. The molecule has 0 atom stereocenters. The van der Waals surface area contributed by atoms with Gasteiger partial charge in [0.15, 0.2) is 0 Å². The van der Waals surface area contributed by atoms with Crippen molar-refractivity contribution in [2.45, 2.75) is 4.90 Å². The van der Waals surface area contributed by atoms with Crippen LogP contribution in [0.25, 0.3) is 10.9 Å². The number of fused-ring (bicyclic) bond motifs is 1. The third kappa shape index (κ3) is 4.84. The maximum atomic E-state index is 13.2. The van der Waals surface area contributed by atoms with Crippen LogP contribution in [-0.4, -0.2) is 35.9 Å². The molecule has 3 rings (SSSR count). The highest BCUT2D eigenvalue weighted by atomic mass is 35.5. The van der Waals surface area contributed by atoms with Crippen molar-refractivity contribution in [2.75, 3.05) is 17.0 Å². The molecule has 0 aliphatic carbocycles. The zero-order chi connectivity index (χ0) is 20.5. The normalized spacial score (nSPS) is 12.3. The Hall–Kier alpha value is -1.67. The number of benzene rings is 2. The van der Waals surface area contributed by atoms with Gasteiger partial charge in [0.1, 0.15) is 0 Å². The molecule has 0 amide bonds. The first-order valence-corrected chi connectivity index (χ1v) is 11.9. The minimum atomic E-state index is -4.44. The number of pyridine rings is 1. The van der Waals surface area contributed by atoms with Gasteiger partial charge in [-0.15, -0.1) is 0 Å². The highest BCUT2D eigenvalue weighted by Crippen LogP contribution is 2.36. The summed E-state index contributed by atoms with van der Waals surface area (Å²) in [6, 6.07) is 12.1. The van der Waals surface area contributed by atoms with Gasteiger partial charge in [0.2, 0.25) is 0 Å². The van der Waals surface area contributed by atoms with Crippen LogP contribution in [0.2, 0.25) is 10.0 Å². The van der Waals surface area contributed by atoms with Crippen molar-refractivity contribution in [1.29, 1.82) is 0 Å². The van der Waals surface area contributed by atoms with E-state index in [-0.39, 0.29) is 20.6 Å². The van der Waals surface area contributed by atoms with Crippen molar-refractivity contribution >= 4 is 57.4 Å². The predicted molar refractivity (Wildman–Crippen MR) is 110 cm³/mol. The lowest BCUT2D eigenvalue weighted by Crippen LogP contribution is -2.33. The molecule has 28 heavy (non-hydrogen) atoms. The van der Waals surface area contributed by atoms with Crippen LogP contribution < -0.4 is 4.31 Å². The van der Waals surface area contributed by atoms with Gasteiger partial charge < -0.3 is 9.79 Å². The fourth-order valence-electron chi connectivity index (χ4n) is 2.63. The first-order valence-electron chi connectivity index (χ1n) is 7.94. The minimum absolute atomic E-state index is 0.128. The van der Waals surface area contributed by atoms with E-state index in [1.54, 1.807) is 30.5 Å². The molecule has 2 aromatic carbocycles. The Morgan fingerprint density at radius 3 is 2.36 bits per heavy atom. The molecule has 0 aliphatic rings. The molecule has 0 saturated carbocycles. The van der Waals surface area contributed by atoms with Gasteiger partial charge in [-0.05, 0) is 42.5 Å². The standard InChI is InChI=1S/C17H15Cl2N2O5PS/c18-13-9-14(19)11-16(10-13)28(25,26)21(6-7-27(22,23)24)15-3-4-17-12(8-15)2-1-5-20-17/h1-5,8-11H,6-7H2,(H2,22,23,24). The van der Waals surface area contributed by atoms with E-state index in [0.29, 0.717) is 10.9 Å². The summed E-state index contributed by atoms with van der Waals surface area (Å²) in [4.78, 5) is 22.5. The van der Waals surface area contributed by atoms with Crippen LogP contribution in [0.5, 0.6) is 0 Å². The lowest BCUT2D eigenvalue weighted by atomic mass is 10.2. The molecule has 0 spiro atoms. The maximum absolute atomic E-state index is 13.2. The van der Waals surface area contributed by atoms with Crippen molar-refractivity contribution in [1.82, 2.24) is 4.98 Å². The molecule has 11 heteroatoms. The number of hydrogen-bond donors (Lipinski definition) is 2. The lowest BCUT2D eigenvalue weighted by molar-refractivity contribution is 0.373. The van der Waals surface area contributed by atoms with Gasteiger partial charge in [0.05, 0.1) is 22.3 Å². The quantitative estimate of drug-likeness (QED) is 0.539. The molecule has 0 bridgehead atoms. The third-order valence-corrected chi connectivity index (χ3v) is 6.92. The molecule has 0 fully saturated rings. The van der Waals surface area contributed by atoms with Gasteiger partial charge in [-0.25, -0.2) is 8.42 Å². The summed E-state index contributed by atoms with van der Waals surface area (Å²) in [6.07, 6.45) is 0.962. The molecule has 0 unspecified atom stereocenters. The average molecular weight is 461 g/mol. The second-order valence-electron chi connectivity index (χ2n) is 5.95. The van der Waals surface area contributed by atoms with Gasteiger partial charge in [0, 0.05) is 28.2 Å². The van der Waals surface area contributed by atoms with Crippen molar-refractivity contribution < 1.29 is 22.8 Å². The fraction of sp³-hybridized carbons (Fsp3) is 0.118. The van der Waals surface area contributed by atoms with Crippen LogP contribution in [0, 0.1) is 0 Å². The molecular weight excluding hydrogens is 446 g/mol. The zero-order valence-electron chi connectivity index (χ0n) is 14.2. The summed E-state index contributed by atoms with van der Waals surface area (Å²) in [5.41, 5.74) is 0.898. The molecule has 0 radical (unpaired) electrons. The van der Waals surface area contributed by atoms with Crippen LogP contribution in [0.4, 0.5) is 5.69 Å². The number of sulfonamides is 1. The first kappa shape index (κ1) is 21.0. The Morgan fingerprint density at radius 2 is 1.71 bits per heavy atom. The van der Waals surface area contributed by atoms with Gasteiger partial charge in [-0.2, -0.15) is 0 Å². The van der Waals surface area contributed by atoms with E-state index in [4.69, 9.17) is 23.2 Å². The van der Waals surface area contributed by atoms with E-state index in [0.717, 1.165) is 4.31 Å². The Bertz CT molecular complexity index is 1160. The molecule has 1 heterocycles. The van der Waals surface area contributed by atoms with E-state index < -0.39 is 30.3 Å². The van der Waals surface area contributed by atoms with Crippen LogP contribution in [0.3, 0.4) is 0 Å². The van der Waals surface area contributed by atoms with Gasteiger partial charge in [-0.1, -0.05) is 29.3 Å². The van der Waals surface area contributed by atoms with Gasteiger partial charge >= 0.3 is 7.60 Å². The molecular formula is C17H15Cl2N2O5PS. The highest BCUT2D eigenvalue weighted by molar-refractivity contribution is 7.92. The van der Waals surface area contributed by atoms with Crippen LogP contribution in [0.15, 0.2) is 59.6 Å². The van der Waals surface area contributed by atoms with E-state index in [1.807, 2.05) is 0 Å². The number of hydrogen-bond acceptors (Lipinski definition) is 4. The molecule has 3 aromatic rings. The Balaban J connectivity index is 2.13. The predicted octanol–water partition coefficient (Wildman–Crippen LogP) is 3.91. The number of halogens is 2. The van der Waals surface area contributed by atoms with Gasteiger partial charge in [-0.3, -0.25) is 13.9 Å². The Morgan fingerprint density at radius 1 is 1.04 bits per heavy atom. The Kier molecular flexibility index (Phi) is 6.00. The number of rotatable bonds is 6. The van der Waals surface area contributed by atoms with Crippen molar-refractivity contribution in [3.63, 3.8) is 0 Å². The molecule has 2 N–H and O–H groups in total. The number of anilines is 1. The van der Waals surface area contributed by atoms with E-state index in [9.17, 15) is 22.8 Å². The summed E-state index contributed by atoms with van der Waals surface area (Å²) >= 11 is 11.9. The molecule has 148 valence electrons. The molecule has 7 nitrogen and oxygen atoms in total. The van der Waals surface area contributed by atoms with Gasteiger partial charge in [0.25, 0.3) is 10.0 Å². The summed E-state index contributed by atoms with van der Waals surface area (Å²) in [5.74, 6) is 0. The second-order valence-corrected chi connectivity index (χ2v) is 10.5. The maximum Gasteiger partial charge on any atom is 0.327 e.